The van der Waals surface area contributed by atoms with Crippen LogP contribution in [-0.2, 0) is 0 Å². The van der Waals surface area contributed by atoms with E-state index in [0.29, 0.717) is 18.6 Å². The molecule has 1 saturated carbocycles. The van der Waals surface area contributed by atoms with Crippen LogP contribution < -0.4 is 5.32 Å². The van der Waals surface area contributed by atoms with Gasteiger partial charge in [0.2, 0.25) is 0 Å². The van der Waals surface area contributed by atoms with Crippen molar-refractivity contribution < 1.29 is 15.3 Å². The number of nitrogens with zero attached hydrogens (tertiary/aromatic N) is 1. The Morgan fingerprint density at radius 3 is 2.07 bits per heavy atom. The quantitative estimate of drug-likeness (QED) is 0.429. The lowest BCUT2D eigenvalue weighted by Crippen LogP contribution is -2.18. The highest BCUT2D eigenvalue weighted by molar-refractivity contribution is 7.98. The van der Waals surface area contributed by atoms with E-state index < -0.39 is 5.79 Å². The number of aliphatic hydroxyl groups is 3. The second-order valence-electron chi connectivity index (χ2n) is 6.65. The van der Waals surface area contributed by atoms with E-state index in [1.54, 1.807) is 11.8 Å². The molecule has 0 bridgehead atoms. The van der Waals surface area contributed by atoms with E-state index in [-0.39, 0.29) is 0 Å². The van der Waals surface area contributed by atoms with Crippen molar-refractivity contribution in [3.8, 4) is 0 Å². The molecule has 0 amide bonds. The first kappa shape index (κ1) is 28.4. The second-order valence-corrected chi connectivity index (χ2v) is 7.48. The van der Waals surface area contributed by atoms with E-state index in [0.717, 1.165) is 30.1 Å². The van der Waals surface area contributed by atoms with Crippen LogP contribution in [0.15, 0.2) is 11.1 Å². The smallest absolute Gasteiger partial charge is 0.156 e. The van der Waals surface area contributed by atoms with Gasteiger partial charge in [-0.3, -0.25) is 0 Å². The summed E-state index contributed by atoms with van der Waals surface area (Å²) in [6.07, 6.45) is 5.36. The zero-order valence-corrected chi connectivity index (χ0v) is 19.6. The van der Waals surface area contributed by atoms with E-state index in [1.165, 1.54) is 25.0 Å². The highest BCUT2D eigenvalue weighted by Gasteiger charge is 2.24. The maximum atomic E-state index is 9.18. The van der Waals surface area contributed by atoms with Gasteiger partial charge < -0.3 is 20.6 Å². The van der Waals surface area contributed by atoms with E-state index in [2.05, 4.69) is 36.5 Å². The minimum Gasteiger partial charge on any atom is -0.396 e. The van der Waals surface area contributed by atoms with Crippen molar-refractivity contribution in [3.63, 3.8) is 0 Å². The molecule has 5 nitrogen and oxygen atoms in total. The molecule has 4 N–H and O–H groups in total. The molecule has 0 aromatic carbocycles. The molecule has 0 aliphatic heterocycles. The molecule has 0 spiro atoms. The van der Waals surface area contributed by atoms with Gasteiger partial charge in [0.15, 0.2) is 5.79 Å². The van der Waals surface area contributed by atoms with Crippen LogP contribution in [0.25, 0.3) is 0 Å². The molecule has 160 valence electrons. The van der Waals surface area contributed by atoms with Crippen LogP contribution in [0.1, 0.15) is 71.9 Å². The molecule has 1 aliphatic rings. The number of aromatic nitrogens is 1. The molecule has 1 aromatic rings. The van der Waals surface area contributed by atoms with Crippen LogP contribution in [0.4, 0.5) is 5.82 Å². The van der Waals surface area contributed by atoms with E-state index >= 15 is 0 Å². The van der Waals surface area contributed by atoms with Gasteiger partial charge in [-0.15, -0.1) is 11.8 Å². The summed E-state index contributed by atoms with van der Waals surface area (Å²) in [7, 11) is 0. The molecule has 2 atom stereocenters. The number of anilines is 1. The normalized spacial score (nSPS) is 18.2. The molecule has 1 aromatic heterocycles. The number of thioether (sulfide) groups is 1. The molecule has 27 heavy (non-hydrogen) atoms. The van der Waals surface area contributed by atoms with Crippen molar-refractivity contribution in [2.45, 2.75) is 91.5 Å². The zero-order valence-electron chi connectivity index (χ0n) is 18.8. The van der Waals surface area contributed by atoms with Gasteiger partial charge in [0.05, 0.1) is 5.03 Å². The van der Waals surface area contributed by atoms with Gasteiger partial charge in [-0.1, -0.05) is 27.7 Å². The Balaban J connectivity index is 0. The monoisotopic (exact) mass is 402 g/mol. The summed E-state index contributed by atoms with van der Waals surface area (Å²) in [5.74, 6) is -0.0180. The van der Waals surface area contributed by atoms with Gasteiger partial charge in [-0.2, -0.15) is 0 Å². The number of aliphatic hydroxyl groups excluding tert-OH is 1. The van der Waals surface area contributed by atoms with Crippen molar-refractivity contribution in [3.05, 3.63) is 17.2 Å². The van der Waals surface area contributed by atoms with Gasteiger partial charge in [-0.25, -0.2) is 4.98 Å². The molecule has 1 fully saturated rings. The van der Waals surface area contributed by atoms with Crippen molar-refractivity contribution in [1.29, 1.82) is 0 Å². The third-order valence-electron chi connectivity index (χ3n) is 3.86. The lowest BCUT2D eigenvalue weighted by Gasteiger charge is -2.17. The van der Waals surface area contributed by atoms with Gasteiger partial charge in [0.25, 0.3) is 0 Å². The summed E-state index contributed by atoms with van der Waals surface area (Å²) in [5, 5.41) is 30.0. The summed E-state index contributed by atoms with van der Waals surface area (Å²) in [4.78, 5) is 4.66. The second kappa shape index (κ2) is 15.1. The van der Waals surface area contributed by atoms with Crippen LogP contribution in [0.3, 0.4) is 0 Å². The minimum atomic E-state index is -1.50. The number of pyridine rings is 1. The van der Waals surface area contributed by atoms with Crippen molar-refractivity contribution in [1.82, 2.24) is 4.98 Å². The lowest BCUT2D eigenvalue weighted by molar-refractivity contribution is -0.127. The number of hydrogen-bond donors (Lipinski definition) is 4. The lowest BCUT2D eigenvalue weighted by atomic mass is 10.1. The third kappa shape index (κ3) is 13.1. The Bertz CT molecular complexity index is 499. The first-order valence-corrected chi connectivity index (χ1v) is 11.2. The van der Waals surface area contributed by atoms with Gasteiger partial charge in [0, 0.05) is 12.6 Å². The van der Waals surface area contributed by atoms with E-state index in [1.807, 2.05) is 27.7 Å². The molecular formula is C21H42N2O3S. The molecule has 1 aliphatic carbocycles. The Kier molecular flexibility index (Phi) is 15.9. The average molecular weight is 403 g/mol. The van der Waals surface area contributed by atoms with Crippen LogP contribution in [-0.4, -0.2) is 45.0 Å². The predicted octanol–water partition coefficient (Wildman–Crippen LogP) is 4.75. The predicted molar refractivity (Wildman–Crippen MR) is 119 cm³/mol. The molecular weight excluding hydrogens is 360 g/mol. The SMILES string of the molecule is CC.CC.CC(C)(O)O.CSc1cc(C)c(C)c(NC2CCC(CO)C2)n1. The summed E-state index contributed by atoms with van der Waals surface area (Å²) in [6.45, 7) is 15.2. The number of nitrogens with one attached hydrogen (secondary N) is 1. The fourth-order valence-corrected chi connectivity index (χ4v) is 2.99. The fourth-order valence-electron chi connectivity index (χ4n) is 2.52. The van der Waals surface area contributed by atoms with Crippen molar-refractivity contribution >= 4 is 17.6 Å². The topological polar surface area (TPSA) is 85.6 Å². The molecule has 6 heteroatoms. The summed E-state index contributed by atoms with van der Waals surface area (Å²) in [6, 6.07) is 2.60. The summed E-state index contributed by atoms with van der Waals surface area (Å²) in [5.41, 5.74) is 2.52. The fraction of sp³-hybridized carbons (Fsp3) is 0.762. The molecule has 0 saturated heterocycles. The molecule has 2 rings (SSSR count). The first-order chi connectivity index (χ1) is 12.6. The average Bonchev–Trinajstić information content (AvgIpc) is 3.08. The molecule has 1 heterocycles. The Hall–Kier alpha value is -0.820. The number of aryl methyl sites for hydroxylation is 1. The van der Waals surface area contributed by atoms with Gasteiger partial charge >= 0.3 is 0 Å². The molecule has 2 unspecified atom stereocenters. The Morgan fingerprint density at radius 1 is 1.15 bits per heavy atom. The number of hydrogen-bond acceptors (Lipinski definition) is 6. The Labute approximate surface area is 171 Å². The highest BCUT2D eigenvalue weighted by atomic mass is 32.2. The first-order valence-electron chi connectivity index (χ1n) is 9.98. The third-order valence-corrected chi connectivity index (χ3v) is 4.49. The highest BCUT2D eigenvalue weighted by Crippen LogP contribution is 2.29. The van der Waals surface area contributed by atoms with Crippen LogP contribution in [0.2, 0.25) is 0 Å². The summed E-state index contributed by atoms with van der Waals surface area (Å²) < 4.78 is 0. The van der Waals surface area contributed by atoms with Crippen LogP contribution in [0.5, 0.6) is 0 Å². The zero-order chi connectivity index (χ0) is 21.6. The maximum absolute atomic E-state index is 9.18. The van der Waals surface area contributed by atoms with Crippen molar-refractivity contribution in [2.75, 3.05) is 18.2 Å². The van der Waals surface area contributed by atoms with Crippen LogP contribution >= 0.6 is 11.8 Å². The minimum absolute atomic E-state index is 0.314. The molecule has 0 radical (unpaired) electrons. The largest absolute Gasteiger partial charge is 0.396 e. The van der Waals surface area contributed by atoms with E-state index in [9.17, 15) is 5.11 Å². The van der Waals surface area contributed by atoms with Gasteiger partial charge in [0.1, 0.15) is 5.82 Å². The van der Waals surface area contributed by atoms with E-state index in [4.69, 9.17) is 10.2 Å². The summed E-state index contributed by atoms with van der Waals surface area (Å²) >= 11 is 1.68. The Morgan fingerprint density at radius 2 is 1.67 bits per heavy atom. The van der Waals surface area contributed by atoms with Crippen LogP contribution in [0, 0.1) is 19.8 Å². The van der Waals surface area contributed by atoms with Crippen molar-refractivity contribution in [2.24, 2.45) is 5.92 Å². The maximum Gasteiger partial charge on any atom is 0.156 e. The number of rotatable bonds is 4. The standard InChI is InChI=1S/C14H22N2OS.C3H8O2.2C2H6/c1-9-6-13(18-3)16-14(10(9)2)15-12-5-4-11(7-12)8-17;1-3(2,4)5;2*1-2/h6,11-12,17H,4-5,7-8H2,1-3H3,(H,15,16);4-5H,1-2H3;2*1-2H3. The van der Waals surface area contributed by atoms with Gasteiger partial charge in [-0.05, 0) is 76.3 Å².